The van der Waals surface area contributed by atoms with Gasteiger partial charge in [-0.25, -0.2) is 0 Å². The maximum atomic E-state index is 6.14. The van der Waals surface area contributed by atoms with E-state index in [-0.39, 0.29) is 0 Å². The lowest BCUT2D eigenvalue weighted by molar-refractivity contribution is -0.704. The molecule has 0 saturated carbocycles. The second-order valence-electron chi connectivity index (χ2n) is 3.65. The molecule has 0 aromatic heterocycles. The Morgan fingerprint density at radius 3 is 2.77 bits per heavy atom. The fraction of sp³-hybridized carbons (Fsp3) is 0.455. The topological polar surface area (TPSA) is 16.6 Å². The van der Waals surface area contributed by atoms with E-state index in [2.05, 4.69) is 17.4 Å². The zero-order chi connectivity index (χ0) is 9.10. The second-order valence-corrected chi connectivity index (χ2v) is 4.06. The largest absolute Gasteiger partial charge is 0.340 e. The highest BCUT2D eigenvalue weighted by atomic mass is 35.5. The van der Waals surface area contributed by atoms with Gasteiger partial charge in [0.25, 0.3) is 0 Å². The summed E-state index contributed by atoms with van der Waals surface area (Å²) in [6, 6.07) is 8.80. The number of halogens is 1. The van der Waals surface area contributed by atoms with Crippen molar-refractivity contribution in [2.75, 3.05) is 6.54 Å². The molecule has 0 radical (unpaired) electrons. The van der Waals surface area contributed by atoms with E-state index in [0.717, 1.165) is 5.02 Å². The van der Waals surface area contributed by atoms with Crippen LogP contribution >= 0.6 is 11.6 Å². The van der Waals surface area contributed by atoms with E-state index in [4.69, 9.17) is 11.6 Å². The van der Waals surface area contributed by atoms with Crippen LogP contribution in [0.5, 0.6) is 0 Å². The van der Waals surface area contributed by atoms with Crippen molar-refractivity contribution >= 4 is 11.6 Å². The van der Waals surface area contributed by atoms with Crippen LogP contribution in [0.15, 0.2) is 24.3 Å². The summed E-state index contributed by atoms with van der Waals surface area (Å²) in [5.74, 6) is 0. The maximum Gasteiger partial charge on any atom is 0.113 e. The van der Waals surface area contributed by atoms with Crippen molar-refractivity contribution < 1.29 is 5.32 Å². The smallest absolute Gasteiger partial charge is 0.113 e. The highest BCUT2D eigenvalue weighted by Gasteiger charge is 2.19. The van der Waals surface area contributed by atoms with Gasteiger partial charge in [0.05, 0.1) is 6.54 Å². The van der Waals surface area contributed by atoms with E-state index in [1.807, 2.05) is 12.1 Å². The molecule has 0 aliphatic carbocycles. The Morgan fingerprint density at radius 2 is 2.08 bits per heavy atom. The molecule has 1 aromatic rings. The van der Waals surface area contributed by atoms with Crippen LogP contribution in [0.4, 0.5) is 0 Å². The summed E-state index contributed by atoms with van der Waals surface area (Å²) in [5, 5.41) is 3.33. The fourth-order valence-corrected chi connectivity index (χ4v) is 2.28. The number of hydrogen-bond acceptors (Lipinski definition) is 0. The summed E-state index contributed by atoms with van der Waals surface area (Å²) in [5.41, 5.74) is 1.31. The van der Waals surface area contributed by atoms with E-state index >= 15 is 0 Å². The average Bonchev–Trinajstić information content (AvgIpc) is 2.20. The standard InChI is InChI=1S/C11H14ClN/c12-10-6-2-1-5-9(10)11-7-3-4-8-13-11/h1-2,5-6,11,13H,3-4,7-8H2/p+1/t11-/m1/s1. The lowest BCUT2D eigenvalue weighted by Gasteiger charge is -2.21. The summed E-state index contributed by atoms with van der Waals surface area (Å²) < 4.78 is 0. The monoisotopic (exact) mass is 196 g/mol. The van der Waals surface area contributed by atoms with Gasteiger partial charge >= 0.3 is 0 Å². The van der Waals surface area contributed by atoms with Gasteiger partial charge in [-0.3, -0.25) is 0 Å². The molecule has 0 spiro atoms. The molecule has 1 atom stereocenters. The average molecular weight is 197 g/mol. The number of hydrogen-bond donors (Lipinski definition) is 1. The Morgan fingerprint density at radius 1 is 1.23 bits per heavy atom. The molecule has 0 bridgehead atoms. The molecule has 2 N–H and O–H groups in total. The van der Waals surface area contributed by atoms with Gasteiger partial charge in [-0.05, 0) is 18.9 Å². The molecule has 1 heterocycles. The number of quaternary nitrogens is 1. The van der Waals surface area contributed by atoms with Crippen molar-refractivity contribution in [3.05, 3.63) is 34.9 Å². The first-order valence-corrected chi connectivity index (χ1v) is 5.33. The molecule has 0 amide bonds. The Labute approximate surface area is 84.1 Å². The molecule has 2 heteroatoms. The van der Waals surface area contributed by atoms with Gasteiger partial charge in [-0.1, -0.05) is 29.8 Å². The van der Waals surface area contributed by atoms with Crippen LogP contribution < -0.4 is 5.32 Å². The van der Waals surface area contributed by atoms with Crippen LogP contribution in [0, 0.1) is 0 Å². The third-order valence-corrected chi connectivity index (χ3v) is 3.07. The minimum Gasteiger partial charge on any atom is -0.340 e. The van der Waals surface area contributed by atoms with Gasteiger partial charge in [0, 0.05) is 17.0 Å². The first kappa shape index (κ1) is 9.04. The lowest BCUT2D eigenvalue weighted by atomic mass is 9.98. The van der Waals surface area contributed by atoms with E-state index in [1.165, 1.54) is 31.4 Å². The second kappa shape index (κ2) is 4.12. The summed E-state index contributed by atoms with van der Waals surface area (Å²) in [4.78, 5) is 0. The van der Waals surface area contributed by atoms with E-state index in [0.29, 0.717) is 6.04 Å². The quantitative estimate of drug-likeness (QED) is 0.709. The van der Waals surface area contributed by atoms with Gasteiger partial charge in [0.1, 0.15) is 6.04 Å². The minimum atomic E-state index is 0.599. The first-order chi connectivity index (χ1) is 6.38. The van der Waals surface area contributed by atoms with Crippen molar-refractivity contribution in [3.63, 3.8) is 0 Å². The minimum absolute atomic E-state index is 0.599. The zero-order valence-electron chi connectivity index (χ0n) is 7.67. The molecule has 1 fully saturated rings. The molecular weight excluding hydrogens is 182 g/mol. The molecule has 13 heavy (non-hydrogen) atoms. The molecule has 1 aromatic carbocycles. The van der Waals surface area contributed by atoms with Gasteiger partial charge in [-0.2, -0.15) is 0 Å². The normalized spacial score (nSPS) is 23.0. The highest BCUT2D eigenvalue weighted by molar-refractivity contribution is 6.31. The van der Waals surface area contributed by atoms with Crippen molar-refractivity contribution in [1.29, 1.82) is 0 Å². The Balaban J connectivity index is 2.18. The number of rotatable bonds is 1. The van der Waals surface area contributed by atoms with Crippen molar-refractivity contribution in [3.8, 4) is 0 Å². The molecule has 2 rings (SSSR count). The molecular formula is C11H15ClN+. The van der Waals surface area contributed by atoms with Gasteiger partial charge < -0.3 is 5.32 Å². The Hall–Kier alpha value is -0.530. The van der Waals surface area contributed by atoms with Crippen molar-refractivity contribution in [1.82, 2.24) is 0 Å². The predicted molar refractivity (Wildman–Crippen MR) is 54.8 cm³/mol. The molecule has 1 aliphatic heterocycles. The van der Waals surface area contributed by atoms with Gasteiger partial charge in [-0.15, -0.1) is 0 Å². The number of benzene rings is 1. The number of piperidine rings is 1. The third kappa shape index (κ3) is 2.04. The zero-order valence-corrected chi connectivity index (χ0v) is 8.43. The van der Waals surface area contributed by atoms with Crippen LogP contribution in [-0.4, -0.2) is 6.54 Å². The van der Waals surface area contributed by atoms with Crippen LogP contribution in [0.25, 0.3) is 0 Å². The van der Waals surface area contributed by atoms with Crippen LogP contribution in [0.2, 0.25) is 5.02 Å². The van der Waals surface area contributed by atoms with E-state index in [1.54, 1.807) is 0 Å². The van der Waals surface area contributed by atoms with Gasteiger partial charge in [0.15, 0.2) is 0 Å². The number of nitrogens with two attached hydrogens (primary N) is 1. The molecule has 1 saturated heterocycles. The first-order valence-electron chi connectivity index (χ1n) is 4.95. The summed E-state index contributed by atoms with van der Waals surface area (Å²) in [6.45, 7) is 1.25. The van der Waals surface area contributed by atoms with E-state index in [9.17, 15) is 0 Å². The lowest BCUT2D eigenvalue weighted by Crippen LogP contribution is -2.86. The van der Waals surface area contributed by atoms with Crippen LogP contribution in [0.3, 0.4) is 0 Å². The van der Waals surface area contributed by atoms with E-state index < -0.39 is 0 Å². The molecule has 70 valence electrons. The van der Waals surface area contributed by atoms with Crippen LogP contribution in [-0.2, 0) is 0 Å². The maximum absolute atomic E-state index is 6.14. The SMILES string of the molecule is Clc1ccccc1[C@H]1CCCC[NH2+]1. The van der Waals surface area contributed by atoms with Gasteiger partial charge in [0.2, 0.25) is 0 Å². The fourth-order valence-electron chi connectivity index (χ4n) is 2.00. The molecule has 0 unspecified atom stereocenters. The molecule has 1 nitrogen and oxygen atoms in total. The Bertz CT molecular complexity index is 279. The third-order valence-electron chi connectivity index (χ3n) is 2.73. The summed E-state index contributed by atoms with van der Waals surface area (Å²) in [6.07, 6.45) is 3.96. The van der Waals surface area contributed by atoms with Crippen LogP contribution in [0.1, 0.15) is 30.9 Å². The predicted octanol–water partition coefficient (Wildman–Crippen LogP) is 2.13. The van der Waals surface area contributed by atoms with Crippen molar-refractivity contribution in [2.24, 2.45) is 0 Å². The molecule has 1 aliphatic rings. The summed E-state index contributed by atoms with van der Waals surface area (Å²) >= 11 is 6.14. The summed E-state index contributed by atoms with van der Waals surface area (Å²) in [7, 11) is 0. The Kier molecular flexibility index (Phi) is 2.87. The highest BCUT2D eigenvalue weighted by Crippen LogP contribution is 2.24. The van der Waals surface area contributed by atoms with Crippen molar-refractivity contribution in [2.45, 2.75) is 25.3 Å².